The predicted molar refractivity (Wildman–Crippen MR) is 86.4 cm³/mol. The molecular weight excluding hydrogens is 428 g/mol. The van der Waals surface area contributed by atoms with Crippen LogP contribution in [0, 0.1) is 13.8 Å². The van der Waals surface area contributed by atoms with E-state index in [4.69, 9.17) is 0 Å². The molecule has 17 heavy (non-hydrogen) atoms. The summed E-state index contributed by atoms with van der Waals surface area (Å²) in [5, 5.41) is 0. The lowest BCUT2D eigenvalue weighted by molar-refractivity contribution is 1.20. The number of hydrogen-bond donors (Lipinski definition) is 0. The average Bonchev–Trinajstić information content (AvgIpc) is 2.62. The van der Waals surface area contributed by atoms with Crippen LogP contribution in [0.25, 0.3) is 0 Å². The van der Waals surface area contributed by atoms with Crippen molar-refractivity contribution >= 4 is 59.1 Å². The van der Waals surface area contributed by atoms with Crippen LogP contribution >= 0.6 is 59.1 Å². The van der Waals surface area contributed by atoms with E-state index in [1.54, 1.807) is 11.3 Å². The third-order valence-electron chi connectivity index (χ3n) is 2.61. The molecule has 0 aliphatic carbocycles. The minimum absolute atomic E-state index is 0.259. The molecular formula is C13H11Br3S. The summed E-state index contributed by atoms with van der Waals surface area (Å²) in [4.78, 5) is 1.58. The second-order valence-corrected chi connectivity index (χ2v) is 8.15. The lowest BCUT2D eigenvalue weighted by Gasteiger charge is -2.09. The number of alkyl halides is 1. The molecule has 0 nitrogen and oxygen atoms in total. The van der Waals surface area contributed by atoms with E-state index in [2.05, 4.69) is 85.9 Å². The fourth-order valence-electron chi connectivity index (χ4n) is 1.54. The van der Waals surface area contributed by atoms with Gasteiger partial charge in [-0.05, 0) is 58.6 Å². The molecule has 0 saturated heterocycles. The molecule has 0 spiro atoms. The zero-order valence-electron chi connectivity index (χ0n) is 9.43. The number of hydrogen-bond acceptors (Lipinski definition) is 1. The van der Waals surface area contributed by atoms with Gasteiger partial charge in [-0.25, -0.2) is 0 Å². The number of aryl methyl sites for hydroxylation is 2. The number of benzene rings is 1. The van der Waals surface area contributed by atoms with Crippen LogP contribution in [0.1, 0.15) is 26.4 Å². The van der Waals surface area contributed by atoms with Crippen LogP contribution in [-0.4, -0.2) is 0 Å². The highest BCUT2D eigenvalue weighted by molar-refractivity contribution is 9.11. The molecule has 1 aromatic heterocycles. The number of thiophene rings is 1. The van der Waals surface area contributed by atoms with E-state index >= 15 is 0 Å². The second kappa shape index (κ2) is 5.55. The summed E-state index contributed by atoms with van der Waals surface area (Å²) in [6.07, 6.45) is 0. The fourth-order valence-corrected chi connectivity index (χ4v) is 4.21. The van der Waals surface area contributed by atoms with Gasteiger partial charge >= 0.3 is 0 Å². The van der Waals surface area contributed by atoms with Crippen molar-refractivity contribution in [3.8, 4) is 0 Å². The summed E-state index contributed by atoms with van der Waals surface area (Å²) in [6, 6.07) is 8.71. The van der Waals surface area contributed by atoms with Gasteiger partial charge in [0, 0.05) is 9.35 Å². The maximum absolute atomic E-state index is 3.77. The van der Waals surface area contributed by atoms with Crippen LogP contribution < -0.4 is 0 Å². The Bertz CT molecular complexity index is 526. The summed E-state index contributed by atoms with van der Waals surface area (Å²) in [6.45, 7) is 4.22. The first-order valence-electron chi connectivity index (χ1n) is 5.15. The molecule has 0 fully saturated rings. The van der Waals surface area contributed by atoms with Crippen molar-refractivity contribution in [2.24, 2.45) is 0 Å². The van der Waals surface area contributed by atoms with Crippen LogP contribution in [0.2, 0.25) is 0 Å². The van der Waals surface area contributed by atoms with Crippen molar-refractivity contribution in [3.05, 3.63) is 54.1 Å². The molecule has 0 radical (unpaired) electrons. The van der Waals surface area contributed by atoms with E-state index in [9.17, 15) is 0 Å². The molecule has 90 valence electrons. The lowest BCUT2D eigenvalue weighted by atomic mass is 10.1. The normalized spacial score (nSPS) is 12.8. The maximum Gasteiger partial charge on any atom is 0.0738 e. The lowest BCUT2D eigenvalue weighted by Crippen LogP contribution is -1.90. The molecule has 0 saturated carbocycles. The molecule has 0 N–H and O–H groups in total. The SMILES string of the molecule is Cc1ccc(C(Br)c2cc(C)c(Br)s2)cc1Br. The summed E-state index contributed by atoms with van der Waals surface area (Å²) < 4.78 is 2.37. The molecule has 0 aliphatic heterocycles. The van der Waals surface area contributed by atoms with E-state index in [-0.39, 0.29) is 4.83 Å². The molecule has 4 heteroatoms. The molecule has 1 aromatic carbocycles. The standard InChI is InChI=1S/C13H11Br3S/c1-7-3-4-9(6-10(7)14)12(15)11-5-8(2)13(16)17-11/h3-6,12H,1-2H3. The zero-order valence-corrected chi connectivity index (χ0v) is 15.0. The Morgan fingerprint density at radius 2 is 1.76 bits per heavy atom. The van der Waals surface area contributed by atoms with Crippen molar-refractivity contribution in [2.75, 3.05) is 0 Å². The van der Waals surface area contributed by atoms with Crippen molar-refractivity contribution in [1.82, 2.24) is 0 Å². The van der Waals surface area contributed by atoms with Crippen LogP contribution in [0.3, 0.4) is 0 Å². The topological polar surface area (TPSA) is 0 Å². The van der Waals surface area contributed by atoms with E-state index in [1.807, 2.05) is 0 Å². The van der Waals surface area contributed by atoms with Gasteiger partial charge in [-0.3, -0.25) is 0 Å². The monoisotopic (exact) mass is 436 g/mol. The van der Waals surface area contributed by atoms with Crippen molar-refractivity contribution in [2.45, 2.75) is 18.7 Å². The Morgan fingerprint density at radius 3 is 2.29 bits per heavy atom. The Morgan fingerprint density at radius 1 is 1.06 bits per heavy atom. The van der Waals surface area contributed by atoms with Gasteiger partial charge in [0.15, 0.2) is 0 Å². The largest absolute Gasteiger partial charge is 0.131 e. The highest BCUT2D eigenvalue weighted by Gasteiger charge is 2.15. The number of rotatable bonds is 2. The molecule has 0 amide bonds. The molecule has 1 atom stereocenters. The van der Waals surface area contributed by atoms with Gasteiger partial charge in [0.1, 0.15) is 0 Å². The van der Waals surface area contributed by atoms with Gasteiger partial charge in [-0.15, -0.1) is 11.3 Å². The summed E-state index contributed by atoms with van der Waals surface area (Å²) in [5.74, 6) is 0. The summed E-state index contributed by atoms with van der Waals surface area (Å²) >= 11 is 12.7. The molecule has 2 aromatic rings. The molecule has 1 unspecified atom stereocenters. The first kappa shape index (κ1) is 13.8. The smallest absolute Gasteiger partial charge is 0.0738 e. The summed E-state index contributed by atoms with van der Waals surface area (Å²) in [7, 11) is 0. The average molecular weight is 439 g/mol. The van der Waals surface area contributed by atoms with E-state index < -0.39 is 0 Å². The van der Waals surface area contributed by atoms with Gasteiger partial charge in [-0.1, -0.05) is 44.0 Å². The summed E-state index contributed by atoms with van der Waals surface area (Å²) in [5.41, 5.74) is 3.83. The van der Waals surface area contributed by atoms with E-state index in [0.29, 0.717) is 0 Å². The Kier molecular flexibility index (Phi) is 4.50. The second-order valence-electron chi connectivity index (χ2n) is 3.98. The van der Waals surface area contributed by atoms with Crippen LogP contribution in [-0.2, 0) is 0 Å². The van der Waals surface area contributed by atoms with Gasteiger partial charge in [-0.2, -0.15) is 0 Å². The van der Waals surface area contributed by atoms with Gasteiger partial charge in [0.25, 0.3) is 0 Å². The Labute approximate surface area is 131 Å². The van der Waals surface area contributed by atoms with Gasteiger partial charge in [0.05, 0.1) is 8.61 Å². The maximum atomic E-state index is 3.77. The first-order chi connectivity index (χ1) is 7.99. The Hall–Kier alpha value is 0.360. The van der Waals surface area contributed by atoms with Crippen molar-refractivity contribution < 1.29 is 0 Å². The van der Waals surface area contributed by atoms with Gasteiger partial charge < -0.3 is 0 Å². The fraction of sp³-hybridized carbons (Fsp3) is 0.231. The minimum Gasteiger partial charge on any atom is -0.131 e. The van der Waals surface area contributed by atoms with E-state index in [0.717, 1.165) is 4.47 Å². The highest BCUT2D eigenvalue weighted by atomic mass is 79.9. The molecule has 0 aliphatic rings. The third kappa shape index (κ3) is 3.03. The third-order valence-corrected chi connectivity index (χ3v) is 7.00. The van der Waals surface area contributed by atoms with Crippen LogP contribution in [0.4, 0.5) is 0 Å². The Balaban J connectivity index is 2.36. The molecule has 1 heterocycles. The zero-order chi connectivity index (χ0) is 12.6. The van der Waals surface area contributed by atoms with Crippen LogP contribution in [0.5, 0.6) is 0 Å². The van der Waals surface area contributed by atoms with Crippen LogP contribution in [0.15, 0.2) is 32.5 Å². The van der Waals surface area contributed by atoms with E-state index in [1.165, 1.54) is 25.4 Å². The van der Waals surface area contributed by atoms with Crippen molar-refractivity contribution in [1.29, 1.82) is 0 Å². The van der Waals surface area contributed by atoms with Crippen molar-refractivity contribution in [3.63, 3.8) is 0 Å². The quantitative estimate of drug-likeness (QED) is 0.477. The minimum atomic E-state index is 0.259. The molecule has 2 rings (SSSR count). The van der Waals surface area contributed by atoms with Gasteiger partial charge in [0.2, 0.25) is 0 Å². The number of halogens is 3. The predicted octanol–water partition coefficient (Wildman–Crippen LogP) is 6.37. The molecule has 0 bridgehead atoms. The highest BCUT2D eigenvalue weighted by Crippen LogP contribution is 2.39. The first-order valence-corrected chi connectivity index (χ1v) is 8.47.